The van der Waals surface area contributed by atoms with Crippen molar-refractivity contribution in [2.24, 2.45) is 0 Å². The number of rotatable bonds is 3. The van der Waals surface area contributed by atoms with Crippen molar-refractivity contribution in [1.29, 1.82) is 0 Å². The number of nitrogens with zero attached hydrogens (tertiary/aromatic N) is 1. The number of hydrogen-bond donors (Lipinski definition) is 1. The number of fused-ring (bicyclic) bond motifs is 1. The lowest BCUT2D eigenvalue weighted by Gasteiger charge is -2.08. The third-order valence-electron chi connectivity index (χ3n) is 2.49. The van der Waals surface area contributed by atoms with Crippen molar-refractivity contribution in [2.45, 2.75) is 20.4 Å². The predicted octanol–water partition coefficient (Wildman–Crippen LogP) is 2.12. The first-order valence-corrected chi connectivity index (χ1v) is 6.01. The van der Waals surface area contributed by atoms with E-state index < -0.39 is 5.97 Å². The molecule has 0 saturated carbocycles. The fraction of sp³-hybridized carbons (Fsp3) is 0.286. The second-order valence-electron chi connectivity index (χ2n) is 3.58. The maximum absolute atomic E-state index is 11.6. The van der Waals surface area contributed by atoms with Gasteiger partial charge in [-0.05, 0) is 23.6 Å². The Hall–Kier alpha value is -2.30. The number of benzene rings is 1. The summed E-state index contributed by atoms with van der Waals surface area (Å²) in [5.74, 6) is -0.468. The molecule has 0 spiro atoms. The molecule has 0 unspecified atom stereocenters. The SMILES string of the molecule is CC.COc1ccc2ccc(=O)n(CC(=O)O)c2c1. The third kappa shape index (κ3) is 3.34. The van der Waals surface area contributed by atoms with E-state index in [2.05, 4.69) is 0 Å². The Labute approximate surface area is 111 Å². The van der Waals surface area contributed by atoms with Crippen molar-refractivity contribution in [2.75, 3.05) is 7.11 Å². The predicted molar refractivity (Wildman–Crippen MR) is 73.7 cm³/mol. The first-order chi connectivity index (χ1) is 9.11. The molecule has 2 aromatic rings. The minimum Gasteiger partial charge on any atom is -0.497 e. The Morgan fingerprint density at radius 2 is 1.89 bits per heavy atom. The molecule has 1 N–H and O–H groups in total. The van der Waals surface area contributed by atoms with Gasteiger partial charge in [0.15, 0.2) is 0 Å². The number of carboxylic acid groups (broad SMARTS) is 1. The molecule has 0 aliphatic carbocycles. The van der Waals surface area contributed by atoms with Crippen molar-refractivity contribution in [1.82, 2.24) is 4.57 Å². The summed E-state index contributed by atoms with van der Waals surface area (Å²) in [6.07, 6.45) is 0. The highest BCUT2D eigenvalue weighted by Crippen LogP contribution is 2.19. The molecule has 2 rings (SSSR count). The van der Waals surface area contributed by atoms with E-state index in [4.69, 9.17) is 9.84 Å². The van der Waals surface area contributed by atoms with Gasteiger partial charge < -0.3 is 9.84 Å². The lowest BCUT2D eigenvalue weighted by Crippen LogP contribution is -2.23. The van der Waals surface area contributed by atoms with Crippen LogP contribution in [-0.4, -0.2) is 22.8 Å². The molecule has 5 heteroatoms. The van der Waals surface area contributed by atoms with Gasteiger partial charge >= 0.3 is 5.97 Å². The summed E-state index contributed by atoms with van der Waals surface area (Å²) in [6, 6.07) is 8.22. The molecule has 0 radical (unpaired) electrons. The average molecular weight is 263 g/mol. The molecule has 0 aliphatic heterocycles. The van der Waals surface area contributed by atoms with Crippen LogP contribution in [0.2, 0.25) is 0 Å². The van der Waals surface area contributed by atoms with E-state index in [0.29, 0.717) is 11.3 Å². The minimum atomic E-state index is -1.05. The number of aliphatic carboxylic acids is 1. The normalized spacial score (nSPS) is 9.63. The molecule has 0 saturated heterocycles. The standard InChI is InChI=1S/C12H11NO4.C2H6/c1-17-9-4-2-8-3-5-11(14)13(7-12(15)16)10(8)6-9;1-2/h2-6H,7H2,1H3,(H,15,16);1-2H3. The number of ether oxygens (including phenoxy) is 1. The van der Waals surface area contributed by atoms with Gasteiger partial charge in [-0.3, -0.25) is 14.2 Å². The lowest BCUT2D eigenvalue weighted by atomic mass is 10.2. The Morgan fingerprint density at radius 1 is 1.26 bits per heavy atom. The Bertz CT molecular complexity index is 631. The van der Waals surface area contributed by atoms with Gasteiger partial charge in [-0.1, -0.05) is 13.8 Å². The highest BCUT2D eigenvalue weighted by molar-refractivity contribution is 5.81. The summed E-state index contributed by atoms with van der Waals surface area (Å²) in [5.41, 5.74) is 0.215. The zero-order valence-electron chi connectivity index (χ0n) is 11.2. The molecule has 0 fully saturated rings. The van der Waals surface area contributed by atoms with Gasteiger partial charge in [-0.15, -0.1) is 0 Å². The monoisotopic (exact) mass is 263 g/mol. The molecular weight excluding hydrogens is 246 g/mol. The molecule has 0 bridgehead atoms. The van der Waals surface area contributed by atoms with E-state index in [9.17, 15) is 9.59 Å². The first kappa shape index (κ1) is 14.8. The average Bonchev–Trinajstić information content (AvgIpc) is 2.43. The Kier molecular flexibility index (Phi) is 5.11. The summed E-state index contributed by atoms with van der Waals surface area (Å²) in [7, 11) is 1.52. The van der Waals surface area contributed by atoms with Crippen LogP contribution in [0.3, 0.4) is 0 Å². The smallest absolute Gasteiger partial charge is 0.323 e. The number of methoxy groups -OCH3 is 1. The summed E-state index contributed by atoms with van der Waals surface area (Å²) in [4.78, 5) is 22.4. The van der Waals surface area contributed by atoms with Crippen LogP contribution in [0.4, 0.5) is 0 Å². The van der Waals surface area contributed by atoms with Crippen LogP contribution >= 0.6 is 0 Å². The van der Waals surface area contributed by atoms with Gasteiger partial charge in [0.25, 0.3) is 5.56 Å². The van der Waals surface area contributed by atoms with Crippen LogP contribution in [0, 0.1) is 0 Å². The summed E-state index contributed by atoms with van der Waals surface area (Å²) < 4.78 is 6.27. The topological polar surface area (TPSA) is 68.5 Å². The van der Waals surface area contributed by atoms with E-state index in [0.717, 1.165) is 5.39 Å². The molecule has 0 aliphatic rings. The summed E-state index contributed by atoms with van der Waals surface area (Å²) >= 11 is 0. The van der Waals surface area contributed by atoms with E-state index >= 15 is 0 Å². The van der Waals surface area contributed by atoms with E-state index in [1.807, 2.05) is 13.8 Å². The van der Waals surface area contributed by atoms with Crippen LogP contribution in [0.1, 0.15) is 13.8 Å². The lowest BCUT2D eigenvalue weighted by molar-refractivity contribution is -0.137. The fourth-order valence-electron chi connectivity index (χ4n) is 1.69. The second-order valence-corrected chi connectivity index (χ2v) is 3.58. The highest BCUT2D eigenvalue weighted by Gasteiger charge is 2.07. The number of carbonyl (C=O) groups is 1. The van der Waals surface area contributed by atoms with Gasteiger partial charge in [-0.25, -0.2) is 0 Å². The molecule has 1 aromatic heterocycles. The number of hydrogen-bond acceptors (Lipinski definition) is 3. The van der Waals surface area contributed by atoms with Crippen LogP contribution in [0.5, 0.6) is 5.75 Å². The quantitative estimate of drug-likeness (QED) is 0.921. The zero-order valence-corrected chi connectivity index (χ0v) is 11.2. The van der Waals surface area contributed by atoms with Crippen molar-refractivity contribution in [3.05, 3.63) is 40.7 Å². The molecule has 0 atom stereocenters. The fourth-order valence-corrected chi connectivity index (χ4v) is 1.69. The summed E-state index contributed by atoms with van der Waals surface area (Å²) in [6.45, 7) is 3.64. The van der Waals surface area contributed by atoms with Crippen molar-refractivity contribution >= 4 is 16.9 Å². The molecule has 0 amide bonds. The van der Waals surface area contributed by atoms with Gasteiger partial charge in [0, 0.05) is 12.1 Å². The second kappa shape index (κ2) is 6.58. The minimum absolute atomic E-state index is 0.340. The number of aromatic nitrogens is 1. The van der Waals surface area contributed by atoms with Gasteiger partial charge in [0.05, 0.1) is 12.6 Å². The van der Waals surface area contributed by atoms with Crippen molar-refractivity contribution < 1.29 is 14.6 Å². The van der Waals surface area contributed by atoms with E-state index in [1.165, 1.54) is 17.7 Å². The molecule has 1 heterocycles. The van der Waals surface area contributed by atoms with Crippen molar-refractivity contribution in [3.63, 3.8) is 0 Å². The van der Waals surface area contributed by atoms with Crippen LogP contribution in [-0.2, 0) is 11.3 Å². The van der Waals surface area contributed by atoms with Crippen LogP contribution < -0.4 is 10.3 Å². The molecule has 5 nitrogen and oxygen atoms in total. The van der Waals surface area contributed by atoms with Crippen LogP contribution in [0.15, 0.2) is 35.1 Å². The third-order valence-corrected chi connectivity index (χ3v) is 2.49. The molecule has 102 valence electrons. The molecule has 1 aromatic carbocycles. The molecular formula is C14H17NO4. The highest BCUT2D eigenvalue weighted by atomic mass is 16.5. The molecule has 19 heavy (non-hydrogen) atoms. The Balaban J connectivity index is 0.000000861. The Morgan fingerprint density at radius 3 is 2.47 bits per heavy atom. The number of carboxylic acids is 1. The van der Waals surface area contributed by atoms with Gasteiger partial charge in [0.2, 0.25) is 0 Å². The van der Waals surface area contributed by atoms with Crippen molar-refractivity contribution in [3.8, 4) is 5.75 Å². The van der Waals surface area contributed by atoms with E-state index in [1.54, 1.807) is 24.3 Å². The summed E-state index contributed by atoms with van der Waals surface area (Å²) in [5, 5.41) is 9.58. The van der Waals surface area contributed by atoms with Gasteiger partial charge in [0.1, 0.15) is 12.3 Å². The maximum atomic E-state index is 11.6. The largest absolute Gasteiger partial charge is 0.497 e. The zero-order chi connectivity index (χ0) is 14.4. The van der Waals surface area contributed by atoms with Crippen LogP contribution in [0.25, 0.3) is 10.9 Å². The first-order valence-electron chi connectivity index (χ1n) is 6.01. The number of pyridine rings is 1. The maximum Gasteiger partial charge on any atom is 0.323 e. The van der Waals surface area contributed by atoms with E-state index in [-0.39, 0.29) is 12.1 Å². The van der Waals surface area contributed by atoms with Gasteiger partial charge in [-0.2, -0.15) is 0 Å².